The molecule has 0 fully saturated rings. The SMILES string of the molecule is Nc1ccccc1C(=O)O.c1ccc2[nH]ccc2c1. The van der Waals surface area contributed by atoms with E-state index in [1.807, 2.05) is 18.3 Å². The summed E-state index contributed by atoms with van der Waals surface area (Å²) in [4.78, 5) is 13.5. The number of carboxylic acids is 1. The van der Waals surface area contributed by atoms with E-state index in [-0.39, 0.29) is 5.56 Å². The minimum Gasteiger partial charge on any atom is -0.478 e. The van der Waals surface area contributed by atoms with Crippen LogP contribution >= 0.6 is 0 Å². The van der Waals surface area contributed by atoms with Crippen molar-refractivity contribution in [1.29, 1.82) is 0 Å². The van der Waals surface area contributed by atoms with Crippen molar-refractivity contribution in [3.8, 4) is 0 Å². The molecule has 0 spiro atoms. The second-order valence-corrected chi connectivity index (χ2v) is 3.96. The average molecular weight is 254 g/mol. The summed E-state index contributed by atoms with van der Waals surface area (Å²) < 4.78 is 0. The average Bonchev–Trinajstić information content (AvgIpc) is 2.88. The Hall–Kier alpha value is -2.75. The summed E-state index contributed by atoms with van der Waals surface area (Å²) >= 11 is 0. The summed E-state index contributed by atoms with van der Waals surface area (Å²) in [6.07, 6.45) is 1.95. The van der Waals surface area contributed by atoms with E-state index in [0.717, 1.165) is 0 Å². The topological polar surface area (TPSA) is 79.1 Å². The predicted octanol–water partition coefficient (Wildman–Crippen LogP) is 3.13. The number of anilines is 1. The van der Waals surface area contributed by atoms with Crippen molar-refractivity contribution in [3.05, 3.63) is 66.4 Å². The molecule has 0 unspecified atom stereocenters. The smallest absolute Gasteiger partial charge is 0.337 e. The number of hydrogen-bond donors (Lipinski definition) is 3. The van der Waals surface area contributed by atoms with E-state index in [4.69, 9.17) is 10.8 Å². The Bertz CT molecular complexity index is 659. The van der Waals surface area contributed by atoms with E-state index < -0.39 is 5.97 Å². The maximum absolute atomic E-state index is 10.3. The summed E-state index contributed by atoms with van der Waals surface area (Å²) in [6.45, 7) is 0. The predicted molar refractivity (Wildman–Crippen MR) is 76.1 cm³/mol. The first-order valence-corrected chi connectivity index (χ1v) is 5.78. The third-order valence-electron chi connectivity index (χ3n) is 2.65. The lowest BCUT2D eigenvalue weighted by Crippen LogP contribution is -2.00. The molecule has 0 amide bonds. The first-order chi connectivity index (χ1) is 9.18. The number of nitrogens with one attached hydrogen (secondary N) is 1. The molecule has 4 heteroatoms. The van der Waals surface area contributed by atoms with E-state index >= 15 is 0 Å². The monoisotopic (exact) mass is 254 g/mol. The molecule has 96 valence electrons. The van der Waals surface area contributed by atoms with Gasteiger partial charge in [-0.15, -0.1) is 0 Å². The summed E-state index contributed by atoms with van der Waals surface area (Å²) in [5.74, 6) is -0.988. The number of carboxylic acid groups (broad SMARTS) is 1. The highest BCUT2D eigenvalue weighted by molar-refractivity contribution is 5.93. The van der Waals surface area contributed by atoms with Gasteiger partial charge in [0.05, 0.1) is 5.56 Å². The van der Waals surface area contributed by atoms with Crippen LogP contribution in [0.15, 0.2) is 60.8 Å². The van der Waals surface area contributed by atoms with Gasteiger partial charge in [0.25, 0.3) is 0 Å². The lowest BCUT2D eigenvalue weighted by atomic mass is 10.2. The van der Waals surface area contributed by atoms with Crippen LogP contribution in [-0.2, 0) is 0 Å². The van der Waals surface area contributed by atoms with Crippen molar-refractivity contribution in [2.75, 3.05) is 5.73 Å². The fraction of sp³-hybridized carbons (Fsp3) is 0. The molecule has 1 aromatic heterocycles. The molecule has 0 atom stereocenters. The van der Waals surface area contributed by atoms with Gasteiger partial charge in [-0.25, -0.2) is 4.79 Å². The fourth-order valence-corrected chi connectivity index (χ4v) is 1.69. The number of para-hydroxylation sites is 2. The van der Waals surface area contributed by atoms with Crippen molar-refractivity contribution >= 4 is 22.6 Å². The van der Waals surface area contributed by atoms with Crippen molar-refractivity contribution in [2.24, 2.45) is 0 Å². The molecular formula is C15H14N2O2. The molecule has 0 aliphatic rings. The molecule has 0 radical (unpaired) electrons. The minimum absolute atomic E-state index is 0.155. The zero-order chi connectivity index (χ0) is 13.7. The highest BCUT2D eigenvalue weighted by atomic mass is 16.4. The number of aromatic nitrogens is 1. The molecule has 3 rings (SSSR count). The molecule has 0 saturated heterocycles. The maximum Gasteiger partial charge on any atom is 0.337 e. The normalized spacial score (nSPS) is 9.68. The van der Waals surface area contributed by atoms with Crippen molar-refractivity contribution in [3.63, 3.8) is 0 Å². The number of aromatic amines is 1. The first-order valence-electron chi connectivity index (χ1n) is 5.78. The van der Waals surface area contributed by atoms with Gasteiger partial charge < -0.3 is 15.8 Å². The first kappa shape index (κ1) is 12.7. The summed E-state index contributed by atoms with van der Waals surface area (Å²) in [6, 6.07) is 16.6. The lowest BCUT2D eigenvalue weighted by molar-refractivity contribution is 0.0698. The number of carbonyl (C=O) groups is 1. The Morgan fingerprint density at radius 3 is 2.32 bits per heavy atom. The zero-order valence-corrected chi connectivity index (χ0v) is 10.2. The molecule has 4 N–H and O–H groups in total. The van der Waals surface area contributed by atoms with E-state index in [9.17, 15) is 4.79 Å². The second-order valence-electron chi connectivity index (χ2n) is 3.96. The van der Waals surface area contributed by atoms with Crippen molar-refractivity contribution < 1.29 is 9.90 Å². The lowest BCUT2D eigenvalue weighted by Gasteiger charge is -1.96. The molecule has 3 aromatic rings. The largest absolute Gasteiger partial charge is 0.478 e. The van der Waals surface area contributed by atoms with Crippen LogP contribution < -0.4 is 5.73 Å². The third kappa shape index (κ3) is 3.13. The highest BCUT2D eigenvalue weighted by Crippen LogP contribution is 2.09. The number of fused-ring (bicyclic) bond motifs is 1. The molecule has 1 heterocycles. The van der Waals surface area contributed by atoms with E-state index in [1.54, 1.807) is 18.2 Å². The van der Waals surface area contributed by atoms with Crippen LogP contribution in [0.2, 0.25) is 0 Å². The molecule has 0 aliphatic heterocycles. The Morgan fingerprint density at radius 2 is 1.68 bits per heavy atom. The summed E-state index contributed by atoms with van der Waals surface area (Å²) in [7, 11) is 0. The Morgan fingerprint density at radius 1 is 1.00 bits per heavy atom. The van der Waals surface area contributed by atoms with Crippen molar-refractivity contribution in [1.82, 2.24) is 4.98 Å². The number of nitrogens with two attached hydrogens (primary N) is 1. The zero-order valence-electron chi connectivity index (χ0n) is 10.2. The number of rotatable bonds is 1. The van der Waals surface area contributed by atoms with Gasteiger partial charge in [-0.2, -0.15) is 0 Å². The van der Waals surface area contributed by atoms with Gasteiger partial charge in [-0.3, -0.25) is 0 Å². The molecule has 0 aliphatic carbocycles. The standard InChI is InChI=1S/C8H7N.C7H7NO2/c1-2-4-8-7(3-1)5-6-9-8;8-6-4-2-1-3-5(6)7(9)10/h1-6,9H;1-4H,8H2,(H,9,10). The van der Waals surface area contributed by atoms with E-state index in [1.165, 1.54) is 17.0 Å². The van der Waals surface area contributed by atoms with Crippen LogP contribution in [-0.4, -0.2) is 16.1 Å². The molecule has 4 nitrogen and oxygen atoms in total. The maximum atomic E-state index is 10.3. The summed E-state index contributed by atoms with van der Waals surface area (Å²) in [5.41, 5.74) is 7.00. The van der Waals surface area contributed by atoms with Gasteiger partial charge in [-0.05, 0) is 29.7 Å². The number of benzene rings is 2. The van der Waals surface area contributed by atoms with Crippen LogP contribution in [0.1, 0.15) is 10.4 Å². The summed E-state index contributed by atoms with van der Waals surface area (Å²) in [5, 5.41) is 9.76. The van der Waals surface area contributed by atoms with Gasteiger partial charge in [0, 0.05) is 17.4 Å². The Balaban J connectivity index is 0.000000141. The number of H-pyrrole nitrogens is 1. The molecule has 0 saturated carbocycles. The van der Waals surface area contributed by atoms with E-state index in [2.05, 4.69) is 23.2 Å². The van der Waals surface area contributed by atoms with Gasteiger partial charge in [-0.1, -0.05) is 30.3 Å². The molecule has 19 heavy (non-hydrogen) atoms. The second kappa shape index (κ2) is 5.73. The fourth-order valence-electron chi connectivity index (χ4n) is 1.69. The molecular weight excluding hydrogens is 240 g/mol. The third-order valence-corrected chi connectivity index (χ3v) is 2.65. The van der Waals surface area contributed by atoms with Crippen LogP contribution in [0.25, 0.3) is 10.9 Å². The van der Waals surface area contributed by atoms with Crippen LogP contribution in [0.5, 0.6) is 0 Å². The Kier molecular flexibility index (Phi) is 3.83. The molecule has 0 bridgehead atoms. The van der Waals surface area contributed by atoms with Crippen LogP contribution in [0.3, 0.4) is 0 Å². The minimum atomic E-state index is -0.988. The molecule has 2 aromatic carbocycles. The number of aromatic carboxylic acids is 1. The van der Waals surface area contributed by atoms with Gasteiger partial charge in [0.2, 0.25) is 0 Å². The van der Waals surface area contributed by atoms with Crippen LogP contribution in [0, 0.1) is 0 Å². The number of hydrogen-bond acceptors (Lipinski definition) is 2. The van der Waals surface area contributed by atoms with Gasteiger partial charge >= 0.3 is 5.97 Å². The highest BCUT2D eigenvalue weighted by Gasteiger charge is 2.03. The number of nitrogen functional groups attached to an aromatic ring is 1. The van der Waals surface area contributed by atoms with Crippen molar-refractivity contribution in [2.45, 2.75) is 0 Å². The Labute approximate surface area is 110 Å². The van der Waals surface area contributed by atoms with Gasteiger partial charge in [0.1, 0.15) is 0 Å². The van der Waals surface area contributed by atoms with Crippen LogP contribution in [0.4, 0.5) is 5.69 Å². The quantitative estimate of drug-likeness (QED) is 0.584. The van der Waals surface area contributed by atoms with E-state index in [0.29, 0.717) is 5.69 Å². The van der Waals surface area contributed by atoms with Gasteiger partial charge in [0.15, 0.2) is 0 Å².